The van der Waals surface area contributed by atoms with Crippen LogP contribution < -0.4 is 15.8 Å². The minimum Gasteiger partial charge on any atom is -0.495 e. The van der Waals surface area contributed by atoms with Crippen LogP contribution in [0.25, 0.3) is 0 Å². The van der Waals surface area contributed by atoms with Crippen LogP contribution in [0, 0.1) is 5.82 Å². The molecule has 2 rings (SSSR count). The van der Waals surface area contributed by atoms with Crippen molar-refractivity contribution < 1.29 is 18.6 Å². The molecule has 1 heterocycles. The minimum atomic E-state index is -0.413. The molecule has 1 aromatic rings. The summed E-state index contributed by atoms with van der Waals surface area (Å²) in [5, 5.41) is 3.03. The van der Waals surface area contributed by atoms with Crippen molar-refractivity contribution in [3.63, 3.8) is 0 Å². The van der Waals surface area contributed by atoms with Crippen LogP contribution in [-0.4, -0.2) is 39.6 Å². The summed E-state index contributed by atoms with van der Waals surface area (Å²) in [6, 6.07) is 2.79. The Morgan fingerprint density at radius 2 is 2.26 bits per heavy atom. The van der Waals surface area contributed by atoms with Crippen molar-refractivity contribution in [1.82, 2.24) is 0 Å². The maximum absolute atomic E-state index is 13.8. The number of ether oxygens (including phenoxy) is 3. The molecule has 1 atom stereocenters. The average Bonchev–Trinajstić information content (AvgIpc) is 2.87. The Balaban J connectivity index is 2.10. The molecule has 0 bridgehead atoms. The van der Waals surface area contributed by atoms with Gasteiger partial charge in [0, 0.05) is 38.8 Å². The molecule has 5 nitrogen and oxygen atoms in total. The van der Waals surface area contributed by atoms with Gasteiger partial charge in [-0.3, -0.25) is 0 Å². The lowest BCUT2D eigenvalue weighted by Gasteiger charge is -2.26. The Bertz CT molecular complexity index is 448. The topological polar surface area (TPSA) is 65.7 Å². The number of methoxy groups -OCH3 is 2. The van der Waals surface area contributed by atoms with Crippen molar-refractivity contribution in [2.24, 2.45) is 0 Å². The molecule has 6 heteroatoms. The number of halogens is 1. The summed E-state index contributed by atoms with van der Waals surface area (Å²) in [6.45, 7) is 1.63. The predicted molar refractivity (Wildman–Crippen MR) is 71.0 cm³/mol. The van der Waals surface area contributed by atoms with Crippen molar-refractivity contribution in [2.75, 3.05) is 45.0 Å². The van der Waals surface area contributed by atoms with Crippen LogP contribution in [-0.2, 0) is 9.47 Å². The molecule has 0 amide bonds. The highest BCUT2D eigenvalue weighted by atomic mass is 19.1. The second-order valence-corrected chi connectivity index (χ2v) is 4.62. The van der Waals surface area contributed by atoms with Crippen LogP contribution in [0.5, 0.6) is 5.75 Å². The fraction of sp³-hybridized carbons (Fsp3) is 0.538. The van der Waals surface area contributed by atoms with Gasteiger partial charge in [0.25, 0.3) is 0 Å². The first-order valence-electron chi connectivity index (χ1n) is 6.10. The maximum atomic E-state index is 13.8. The molecular weight excluding hydrogens is 251 g/mol. The second-order valence-electron chi connectivity index (χ2n) is 4.62. The van der Waals surface area contributed by atoms with E-state index in [1.165, 1.54) is 13.2 Å². The van der Waals surface area contributed by atoms with Crippen LogP contribution in [0.3, 0.4) is 0 Å². The van der Waals surface area contributed by atoms with Gasteiger partial charge in [0.15, 0.2) is 0 Å². The molecule has 0 spiro atoms. The number of rotatable bonds is 5. The van der Waals surface area contributed by atoms with Gasteiger partial charge >= 0.3 is 0 Å². The van der Waals surface area contributed by atoms with E-state index in [-0.39, 0.29) is 5.69 Å². The molecule has 1 aromatic carbocycles. The van der Waals surface area contributed by atoms with E-state index in [0.717, 1.165) is 6.42 Å². The molecular formula is C13H19FN2O3. The van der Waals surface area contributed by atoms with E-state index in [2.05, 4.69) is 5.32 Å². The Morgan fingerprint density at radius 1 is 1.47 bits per heavy atom. The molecule has 0 aromatic heterocycles. The molecule has 19 heavy (non-hydrogen) atoms. The van der Waals surface area contributed by atoms with Crippen LogP contribution in [0.2, 0.25) is 0 Å². The number of nitrogen functional groups attached to an aromatic ring is 1. The molecule has 1 aliphatic heterocycles. The predicted octanol–water partition coefficient (Wildman–Crippen LogP) is 1.63. The Labute approximate surface area is 111 Å². The third-order valence-electron chi connectivity index (χ3n) is 3.42. The lowest BCUT2D eigenvalue weighted by molar-refractivity contribution is -0.00623. The van der Waals surface area contributed by atoms with Gasteiger partial charge in [-0.2, -0.15) is 0 Å². The average molecular weight is 270 g/mol. The summed E-state index contributed by atoms with van der Waals surface area (Å²) >= 11 is 0. The third-order valence-corrected chi connectivity index (χ3v) is 3.42. The number of hydrogen-bond donors (Lipinski definition) is 2. The first-order chi connectivity index (χ1) is 9.10. The van der Waals surface area contributed by atoms with Gasteiger partial charge < -0.3 is 25.3 Å². The van der Waals surface area contributed by atoms with Crippen molar-refractivity contribution in [2.45, 2.75) is 12.0 Å². The van der Waals surface area contributed by atoms with Crippen molar-refractivity contribution in [1.29, 1.82) is 0 Å². The minimum absolute atomic E-state index is 0.274. The van der Waals surface area contributed by atoms with Gasteiger partial charge in [-0.05, 0) is 0 Å². The van der Waals surface area contributed by atoms with Gasteiger partial charge in [0.05, 0.1) is 25.1 Å². The van der Waals surface area contributed by atoms with Crippen LogP contribution in [0.1, 0.15) is 6.42 Å². The van der Waals surface area contributed by atoms with E-state index in [1.807, 2.05) is 0 Å². The molecule has 1 saturated heterocycles. The highest BCUT2D eigenvalue weighted by molar-refractivity contribution is 5.62. The van der Waals surface area contributed by atoms with E-state index in [9.17, 15) is 4.39 Å². The monoisotopic (exact) mass is 270 g/mol. The first-order valence-corrected chi connectivity index (χ1v) is 6.10. The zero-order valence-corrected chi connectivity index (χ0v) is 11.2. The third kappa shape index (κ3) is 2.90. The summed E-state index contributed by atoms with van der Waals surface area (Å²) in [4.78, 5) is 0. The summed E-state index contributed by atoms with van der Waals surface area (Å²) in [5.41, 5.74) is 5.85. The molecule has 0 saturated carbocycles. The molecule has 106 valence electrons. The van der Waals surface area contributed by atoms with Gasteiger partial charge in [0.1, 0.15) is 17.2 Å². The highest BCUT2D eigenvalue weighted by Crippen LogP contribution is 2.29. The van der Waals surface area contributed by atoms with Crippen molar-refractivity contribution >= 4 is 11.4 Å². The lowest BCUT2D eigenvalue weighted by Crippen LogP contribution is -2.39. The van der Waals surface area contributed by atoms with Crippen LogP contribution >= 0.6 is 0 Å². The van der Waals surface area contributed by atoms with Gasteiger partial charge in [-0.25, -0.2) is 4.39 Å². The van der Waals surface area contributed by atoms with E-state index < -0.39 is 11.4 Å². The number of benzene rings is 1. The SMILES string of the molecule is COc1cc(NCC2(OC)CCOC2)c(F)cc1N. The van der Waals surface area contributed by atoms with E-state index in [1.54, 1.807) is 13.2 Å². The number of nitrogens with two attached hydrogens (primary N) is 1. The summed E-state index contributed by atoms with van der Waals surface area (Å²) < 4.78 is 29.7. The first kappa shape index (κ1) is 13.9. The molecule has 3 N–H and O–H groups in total. The summed E-state index contributed by atoms with van der Waals surface area (Å²) in [5.74, 6) is 0.0292. The Morgan fingerprint density at radius 3 is 2.84 bits per heavy atom. The number of nitrogens with one attached hydrogen (secondary N) is 1. The molecule has 1 unspecified atom stereocenters. The second kappa shape index (κ2) is 5.63. The summed E-state index contributed by atoms with van der Waals surface area (Å²) in [6.07, 6.45) is 0.782. The van der Waals surface area contributed by atoms with Crippen molar-refractivity contribution in [3.05, 3.63) is 17.9 Å². The molecule has 0 radical (unpaired) electrons. The standard InChI is InChI=1S/C13H19FN2O3/c1-17-12-6-11(9(14)5-10(12)15)16-7-13(18-2)3-4-19-8-13/h5-6,16H,3-4,7-8,15H2,1-2H3. The van der Waals surface area contributed by atoms with E-state index in [0.29, 0.717) is 31.2 Å². The Hall–Kier alpha value is -1.53. The largest absolute Gasteiger partial charge is 0.495 e. The van der Waals surface area contributed by atoms with E-state index >= 15 is 0 Å². The zero-order valence-electron chi connectivity index (χ0n) is 11.2. The smallest absolute Gasteiger partial charge is 0.148 e. The van der Waals surface area contributed by atoms with Gasteiger partial charge in [-0.15, -0.1) is 0 Å². The van der Waals surface area contributed by atoms with Gasteiger partial charge in [-0.1, -0.05) is 0 Å². The van der Waals surface area contributed by atoms with Crippen molar-refractivity contribution in [3.8, 4) is 5.75 Å². The van der Waals surface area contributed by atoms with Crippen LogP contribution in [0.4, 0.5) is 15.8 Å². The fourth-order valence-electron chi connectivity index (χ4n) is 2.10. The number of hydrogen-bond acceptors (Lipinski definition) is 5. The zero-order chi connectivity index (χ0) is 13.9. The molecule has 0 aliphatic carbocycles. The van der Waals surface area contributed by atoms with E-state index in [4.69, 9.17) is 19.9 Å². The molecule has 1 aliphatic rings. The lowest BCUT2D eigenvalue weighted by atomic mass is 10.0. The normalized spacial score (nSPS) is 22.5. The molecule has 1 fully saturated rings. The fourth-order valence-corrected chi connectivity index (χ4v) is 2.10. The van der Waals surface area contributed by atoms with Gasteiger partial charge in [0.2, 0.25) is 0 Å². The maximum Gasteiger partial charge on any atom is 0.148 e. The quantitative estimate of drug-likeness (QED) is 0.796. The Kier molecular flexibility index (Phi) is 4.11. The van der Waals surface area contributed by atoms with Crippen LogP contribution in [0.15, 0.2) is 12.1 Å². The summed E-state index contributed by atoms with van der Waals surface area (Å²) in [7, 11) is 3.13. The number of anilines is 2. The highest BCUT2D eigenvalue weighted by Gasteiger charge is 2.34.